The molecule has 2 aromatic heterocycles. The molecular formula is C22H17N3O. The van der Waals surface area contributed by atoms with E-state index in [0.29, 0.717) is 11.3 Å². The molecule has 2 aromatic carbocycles. The minimum atomic E-state index is 0.586. The summed E-state index contributed by atoms with van der Waals surface area (Å²) < 4.78 is 5.48. The Bertz CT molecular complexity index is 1150. The monoisotopic (exact) mass is 339 g/mol. The Balaban J connectivity index is 1.82. The second-order valence-corrected chi connectivity index (χ2v) is 6.20. The van der Waals surface area contributed by atoms with E-state index in [1.807, 2.05) is 24.4 Å². The van der Waals surface area contributed by atoms with Crippen LogP contribution in [0.4, 0.5) is 0 Å². The molecule has 0 atom stereocenters. The van der Waals surface area contributed by atoms with Crippen molar-refractivity contribution in [3.05, 3.63) is 72.1 Å². The van der Waals surface area contributed by atoms with Gasteiger partial charge in [-0.15, -0.1) is 0 Å². The van der Waals surface area contributed by atoms with Crippen molar-refractivity contribution in [3.8, 4) is 34.2 Å². The minimum Gasteiger partial charge on any atom is -0.496 e. The van der Waals surface area contributed by atoms with E-state index < -0.39 is 0 Å². The number of rotatable bonds is 3. The number of aryl methyl sites for hydroxylation is 1. The van der Waals surface area contributed by atoms with Gasteiger partial charge in [0, 0.05) is 40.1 Å². The van der Waals surface area contributed by atoms with Crippen LogP contribution in [-0.4, -0.2) is 17.1 Å². The molecule has 126 valence electrons. The third-order valence-corrected chi connectivity index (χ3v) is 4.59. The molecule has 26 heavy (non-hydrogen) atoms. The van der Waals surface area contributed by atoms with E-state index in [0.717, 1.165) is 33.3 Å². The summed E-state index contributed by atoms with van der Waals surface area (Å²) in [5.41, 5.74) is 7.00. The highest BCUT2D eigenvalue weighted by Gasteiger charge is 2.10. The Labute approximate surface area is 151 Å². The second kappa shape index (κ2) is 6.38. The van der Waals surface area contributed by atoms with Crippen molar-refractivity contribution in [2.45, 2.75) is 6.92 Å². The molecule has 0 aliphatic carbocycles. The number of H-pyrrole nitrogens is 1. The zero-order valence-corrected chi connectivity index (χ0v) is 14.6. The summed E-state index contributed by atoms with van der Waals surface area (Å²) in [5, 5.41) is 10.2. The fourth-order valence-electron chi connectivity index (χ4n) is 3.19. The number of aromatic nitrogens is 2. The molecule has 0 bridgehead atoms. The molecule has 0 aliphatic rings. The SMILES string of the molecule is COc1cc(C#N)ccc1-c1ccc2[nH]c(-c3cnccc3C)cc2c1. The third kappa shape index (κ3) is 2.70. The molecule has 4 rings (SSSR count). The van der Waals surface area contributed by atoms with Gasteiger partial charge in [-0.1, -0.05) is 6.07 Å². The number of nitrogens with one attached hydrogen (secondary N) is 1. The number of hydrogen-bond donors (Lipinski definition) is 1. The van der Waals surface area contributed by atoms with Crippen LogP contribution < -0.4 is 4.74 Å². The first-order chi connectivity index (χ1) is 12.7. The lowest BCUT2D eigenvalue weighted by atomic mass is 10.0. The average Bonchev–Trinajstić information content (AvgIpc) is 3.10. The number of hydrogen-bond acceptors (Lipinski definition) is 3. The molecule has 1 N–H and O–H groups in total. The summed E-state index contributed by atoms with van der Waals surface area (Å²) in [5.74, 6) is 0.697. The molecule has 4 aromatic rings. The first kappa shape index (κ1) is 15.9. The Hall–Kier alpha value is -3.58. The molecule has 0 unspecified atom stereocenters. The van der Waals surface area contributed by atoms with Crippen molar-refractivity contribution in [3.63, 3.8) is 0 Å². The summed E-state index contributed by atoms with van der Waals surface area (Å²) in [7, 11) is 1.62. The number of aromatic amines is 1. The highest BCUT2D eigenvalue weighted by atomic mass is 16.5. The van der Waals surface area contributed by atoms with Crippen LogP contribution in [0.2, 0.25) is 0 Å². The zero-order chi connectivity index (χ0) is 18.1. The summed E-state index contributed by atoms with van der Waals surface area (Å²) in [6, 6.07) is 18.0. The van der Waals surface area contributed by atoms with E-state index in [9.17, 15) is 0 Å². The average molecular weight is 339 g/mol. The van der Waals surface area contributed by atoms with Crippen molar-refractivity contribution >= 4 is 10.9 Å². The van der Waals surface area contributed by atoms with Crippen molar-refractivity contribution in [1.29, 1.82) is 5.26 Å². The number of ether oxygens (including phenoxy) is 1. The molecule has 0 fully saturated rings. The quantitative estimate of drug-likeness (QED) is 0.566. The van der Waals surface area contributed by atoms with Crippen molar-refractivity contribution < 1.29 is 4.74 Å². The van der Waals surface area contributed by atoms with Gasteiger partial charge in [-0.25, -0.2) is 0 Å². The second-order valence-electron chi connectivity index (χ2n) is 6.20. The van der Waals surface area contributed by atoms with Crippen LogP contribution in [0.25, 0.3) is 33.3 Å². The first-order valence-corrected chi connectivity index (χ1v) is 8.32. The lowest BCUT2D eigenvalue weighted by Gasteiger charge is -2.09. The molecule has 0 saturated carbocycles. The maximum atomic E-state index is 9.08. The molecular weight excluding hydrogens is 322 g/mol. The predicted molar refractivity (Wildman–Crippen MR) is 103 cm³/mol. The van der Waals surface area contributed by atoms with Gasteiger partial charge in [0.05, 0.1) is 18.7 Å². The van der Waals surface area contributed by atoms with E-state index in [4.69, 9.17) is 10.00 Å². The Morgan fingerprint density at radius 1 is 1.04 bits per heavy atom. The van der Waals surface area contributed by atoms with Crippen LogP contribution in [0.3, 0.4) is 0 Å². The van der Waals surface area contributed by atoms with E-state index >= 15 is 0 Å². The van der Waals surface area contributed by atoms with Crippen molar-refractivity contribution in [2.24, 2.45) is 0 Å². The van der Waals surface area contributed by atoms with Gasteiger partial charge in [0.15, 0.2) is 0 Å². The van der Waals surface area contributed by atoms with Gasteiger partial charge in [-0.05, 0) is 60.5 Å². The number of pyridine rings is 1. The summed E-state index contributed by atoms with van der Waals surface area (Å²) in [6.07, 6.45) is 3.68. The summed E-state index contributed by atoms with van der Waals surface area (Å²) >= 11 is 0. The minimum absolute atomic E-state index is 0.586. The molecule has 0 radical (unpaired) electrons. The molecule has 4 heteroatoms. The standard InChI is InChI=1S/C22H17N3O/c1-14-7-8-24-13-19(14)21-11-17-10-16(4-6-20(17)25-21)18-5-3-15(12-23)9-22(18)26-2/h3-11,13,25H,1-2H3. The smallest absolute Gasteiger partial charge is 0.128 e. The molecule has 0 aliphatic heterocycles. The van der Waals surface area contributed by atoms with E-state index in [2.05, 4.69) is 47.2 Å². The number of methoxy groups -OCH3 is 1. The summed E-state index contributed by atoms with van der Waals surface area (Å²) in [4.78, 5) is 7.70. The highest BCUT2D eigenvalue weighted by molar-refractivity contribution is 5.90. The number of nitriles is 1. The summed E-state index contributed by atoms with van der Waals surface area (Å²) in [6.45, 7) is 2.08. The maximum absolute atomic E-state index is 9.08. The highest BCUT2D eigenvalue weighted by Crippen LogP contribution is 2.34. The molecule has 0 saturated heterocycles. The Kier molecular flexibility index (Phi) is 3.91. The lowest BCUT2D eigenvalue weighted by Crippen LogP contribution is -1.89. The number of fused-ring (bicyclic) bond motifs is 1. The van der Waals surface area contributed by atoms with Crippen molar-refractivity contribution in [2.75, 3.05) is 7.11 Å². The van der Waals surface area contributed by atoms with E-state index in [-0.39, 0.29) is 0 Å². The van der Waals surface area contributed by atoms with E-state index in [1.165, 1.54) is 5.56 Å². The number of nitrogens with zero attached hydrogens (tertiary/aromatic N) is 2. The van der Waals surface area contributed by atoms with Crippen LogP contribution in [0.5, 0.6) is 5.75 Å². The first-order valence-electron chi connectivity index (χ1n) is 8.32. The van der Waals surface area contributed by atoms with Gasteiger partial charge in [-0.3, -0.25) is 4.98 Å². The third-order valence-electron chi connectivity index (χ3n) is 4.59. The molecule has 4 nitrogen and oxygen atoms in total. The number of benzene rings is 2. The van der Waals surface area contributed by atoms with E-state index in [1.54, 1.807) is 19.4 Å². The topological polar surface area (TPSA) is 61.7 Å². The van der Waals surface area contributed by atoms with Crippen LogP contribution in [-0.2, 0) is 0 Å². The van der Waals surface area contributed by atoms with Gasteiger partial charge < -0.3 is 9.72 Å². The predicted octanol–water partition coefficient (Wildman–Crippen LogP) is 5.09. The van der Waals surface area contributed by atoms with Gasteiger partial charge in [0.25, 0.3) is 0 Å². The lowest BCUT2D eigenvalue weighted by molar-refractivity contribution is 0.416. The van der Waals surface area contributed by atoms with Gasteiger partial charge in [0.2, 0.25) is 0 Å². The zero-order valence-electron chi connectivity index (χ0n) is 14.6. The van der Waals surface area contributed by atoms with Gasteiger partial charge >= 0.3 is 0 Å². The molecule has 2 heterocycles. The fraction of sp³-hybridized carbons (Fsp3) is 0.0909. The van der Waals surface area contributed by atoms with Crippen LogP contribution in [0.15, 0.2) is 60.9 Å². The molecule has 0 spiro atoms. The van der Waals surface area contributed by atoms with Crippen LogP contribution in [0, 0.1) is 18.3 Å². The van der Waals surface area contributed by atoms with Crippen molar-refractivity contribution in [1.82, 2.24) is 9.97 Å². The van der Waals surface area contributed by atoms with Gasteiger partial charge in [0.1, 0.15) is 5.75 Å². The maximum Gasteiger partial charge on any atom is 0.128 e. The normalized spacial score (nSPS) is 10.7. The molecule has 0 amide bonds. The largest absolute Gasteiger partial charge is 0.496 e. The Morgan fingerprint density at radius 3 is 2.69 bits per heavy atom. The van der Waals surface area contributed by atoms with Crippen LogP contribution >= 0.6 is 0 Å². The Morgan fingerprint density at radius 2 is 1.92 bits per heavy atom. The van der Waals surface area contributed by atoms with Gasteiger partial charge in [-0.2, -0.15) is 5.26 Å². The fourth-order valence-corrected chi connectivity index (χ4v) is 3.19. The van der Waals surface area contributed by atoms with Crippen LogP contribution in [0.1, 0.15) is 11.1 Å².